The molecular weight excluding hydrogens is 365 g/mol. The molecule has 126 valence electrons. The van der Waals surface area contributed by atoms with Crippen LogP contribution in [0.5, 0.6) is 0 Å². The molecule has 0 radical (unpaired) electrons. The van der Waals surface area contributed by atoms with E-state index in [0.717, 1.165) is 11.2 Å². The van der Waals surface area contributed by atoms with E-state index in [9.17, 15) is 0 Å². The summed E-state index contributed by atoms with van der Waals surface area (Å²) in [5.41, 5.74) is 6.97. The average molecular weight is 389 g/mol. The van der Waals surface area contributed by atoms with E-state index in [2.05, 4.69) is 85.7 Å². The Morgan fingerprint density at radius 2 is 1.36 bits per heavy atom. The summed E-state index contributed by atoms with van der Waals surface area (Å²) < 4.78 is 7.75. The van der Waals surface area contributed by atoms with Crippen molar-refractivity contribution in [2.45, 2.75) is 31.1 Å². The number of furan rings is 1. The number of fused-ring (bicyclic) bond motifs is 3. The Kier molecular flexibility index (Phi) is 3.80. The van der Waals surface area contributed by atoms with E-state index in [1.807, 2.05) is 0 Å². The van der Waals surface area contributed by atoms with Crippen LogP contribution in [0.4, 0.5) is 0 Å². The van der Waals surface area contributed by atoms with Gasteiger partial charge in [0.15, 0.2) is 0 Å². The molecule has 0 aliphatic heterocycles. The van der Waals surface area contributed by atoms with Crippen molar-refractivity contribution in [3.05, 3.63) is 65.7 Å². The first kappa shape index (κ1) is 16.5. The molecule has 1 aromatic heterocycles. The summed E-state index contributed by atoms with van der Waals surface area (Å²) >= 11 is -1.75. The quantitative estimate of drug-likeness (QED) is 0.361. The molecule has 0 atom stereocenters. The molecule has 0 amide bonds. The van der Waals surface area contributed by atoms with Gasteiger partial charge in [-0.1, -0.05) is 0 Å². The van der Waals surface area contributed by atoms with Gasteiger partial charge in [-0.2, -0.15) is 0 Å². The first-order valence-electron chi connectivity index (χ1n) is 8.88. The van der Waals surface area contributed by atoms with Gasteiger partial charge in [0.25, 0.3) is 0 Å². The normalized spacial score (nSPS) is 12.2. The minimum absolute atomic E-state index is 0.971. The van der Waals surface area contributed by atoms with Crippen LogP contribution in [0.15, 0.2) is 59.0 Å². The van der Waals surface area contributed by atoms with Crippen LogP contribution in [0.25, 0.3) is 33.1 Å². The van der Waals surface area contributed by atoms with Crippen LogP contribution in [-0.2, 0) is 0 Å². The Bertz CT molecular complexity index is 1080. The second-order valence-corrected chi connectivity index (χ2v) is 18.7. The molecule has 4 rings (SSSR count). The molecule has 1 nitrogen and oxygen atoms in total. The van der Waals surface area contributed by atoms with E-state index in [1.165, 1.54) is 33.0 Å². The topological polar surface area (TPSA) is 13.1 Å². The first-order valence-corrected chi connectivity index (χ1v) is 16.2. The molecule has 0 saturated carbocycles. The number of benzene rings is 3. The van der Waals surface area contributed by atoms with Crippen LogP contribution in [0.1, 0.15) is 11.1 Å². The van der Waals surface area contributed by atoms with Crippen molar-refractivity contribution in [1.82, 2.24) is 0 Å². The van der Waals surface area contributed by atoms with Gasteiger partial charge in [-0.25, -0.2) is 0 Å². The first-order chi connectivity index (χ1) is 11.8. The van der Waals surface area contributed by atoms with Gasteiger partial charge in [0.05, 0.1) is 0 Å². The summed E-state index contributed by atoms with van der Waals surface area (Å²) in [5.74, 6) is 7.29. The van der Waals surface area contributed by atoms with Gasteiger partial charge in [-0.3, -0.25) is 0 Å². The van der Waals surface area contributed by atoms with E-state index in [4.69, 9.17) is 4.42 Å². The summed E-state index contributed by atoms with van der Waals surface area (Å²) in [6, 6.07) is 20.1. The molecule has 3 aromatic carbocycles. The molecule has 0 spiro atoms. The van der Waals surface area contributed by atoms with Crippen molar-refractivity contribution >= 4 is 39.6 Å². The second kappa shape index (κ2) is 5.77. The van der Waals surface area contributed by atoms with Crippen LogP contribution < -0.4 is 4.40 Å². The third-order valence-corrected chi connectivity index (χ3v) is 9.58. The van der Waals surface area contributed by atoms with Crippen LogP contribution in [0.3, 0.4) is 0 Å². The van der Waals surface area contributed by atoms with Crippen LogP contribution in [-0.4, -0.2) is 13.3 Å². The van der Waals surface area contributed by atoms with Crippen molar-refractivity contribution in [3.8, 4) is 11.1 Å². The number of hydrogen-bond donors (Lipinski definition) is 0. The number of aryl methyl sites for hydroxylation is 2. The SMILES string of the molecule is Cc1ccc2c(oc3cc(-c4cc[c]([Ge]([CH3])([CH3])[CH3])cc4)ccc32)c1C. The predicted molar refractivity (Wildman–Crippen MR) is 112 cm³/mol. The summed E-state index contributed by atoms with van der Waals surface area (Å²) in [6.07, 6.45) is 0. The average Bonchev–Trinajstić information content (AvgIpc) is 2.96. The van der Waals surface area contributed by atoms with Gasteiger partial charge >= 0.3 is 152 Å². The van der Waals surface area contributed by atoms with E-state index in [-0.39, 0.29) is 0 Å². The van der Waals surface area contributed by atoms with Gasteiger partial charge in [0.1, 0.15) is 0 Å². The fourth-order valence-electron chi connectivity index (χ4n) is 3.42. The number of hydrogen-bond acceptors (Lipinski definition) is 1. The van der Waals surface area contributed by atoms with Crippen molar-refractivity contribution in [2.24, 2.45) is 0 Å². The van der Waals surface area contributed by atoms with Crippen LogP contribution >= 0.6 is 0 Å². The summed E-state index contributed by atoms with van der Waals surface area (Å²) in [5, 5.41) is 2.41. The zero-order valence-corrected chi connectivity index (χ0v) is 17.7. The fraction of sp³-hybridized carbons (Fsp3) is 0.217. The maximum atomic E-state index is 6.21. The van der Waals surface area contributed by atoms with Crippen LogP contribution in [0, 0.1) is 13.8 Å². The van der Waals surface area contributed by atoms with Crippen molar-refractivity contribution < 1.29 is 4.42 Å². The maximum absolute atomic E-state index is 6.21. The Morgan fingerprint density at radius 3 is 2.04 bits per heavy atom. The third kappa shape index (κ3) is 2.81. The monoisotopic (exact) mass is 390 g/mol. The summed E-state index contributed by atoms with van der Waals surface area (Å²) in [6.45, 7) is 4.27. The molecule has 25 heavy (non-hydrogen) atoms. The molecule has 0 fully saturated rings. The summed E-state index contributed by atoms with van der Waals surface area (Å²) in [4.78, 5) is 0. The van der Waals surface area contributed by atoms with Gasteiger partial charge < -0.3 is 0 Å². The molecule has 0 aliphatic carbocycles. The molecule has 0 saturated heterocycles. The molecular formula is C23H24GeO. The van der Waals surface area contributed by atoms with E-state index in [1.54, 1.807) is 4.40 Å². The van der Waals surface area contributed by atoms with Crippen LogP contribution in [0.2, 0.25) is 17.3 Å². The van der Waals surface area contributed by atoms with E-state index >= 15 is 0 Å². The summed E-state index contributed by atoms with van der Waals surface area (Å²) in [7, 11) is 0. The standard InChI is InChI=1S/C23H24GeO/c1-15-6-12-21-20-13-9-18(14-22(20)25-23(21)16(15)2)17-7-10-19(11-8-17)24(3,4)5/h6-14H,1-5H3. The minimum atomic E-state index is -1.75. The van der Waals surface area contributed by atoms with Crippen molar-refractivity contribution in [1.29, 1.82) is 0 Å². The van der Waals surface area contributed by atoms with Gasteiger partial charge in [0.2, 0.25) is 0 Å². The van der Waals surface area contributed by atoms with Gasteiger partial charge in [-0.05, 0) is 0 Å². The molecule has 0 N–H and O–H groups in total. The zero-order chi connectivity index (χ0) is 17.8. The Hall–Kier alpha value is -2.00. The Morgan fingerprint density at radius 1 is 0.720 bits per heavy atom. The second-order valence-electron chi connectivity index (χ2n) is 8.02. The molecule has 0 unspecified atom stereocenters. The molecule has 2 heteroatoms. The fourth-order valence-corrected chi connectivity index (χ4v) is 5.86. The van der Waals surface area contributed by atoms with E-state index in [0.29, 0.717) is 0 Å². The molecule has 4 aromatic rings. The van der Waals surface area contributed by atoms with Gasteiger partial charge in [0, 0.05) is 0 Å². The third-order valence-electron chi connectivity index (χ3n) is 5.24. The molecule has 0 aliphatic rings. The molecule has 1 heterocycles. The predicted octanol–water partition coefficient (Wildman–Crippen LogP) is 6.42. The Labute approximate surface area is 152 Å². The van der Waals surface area contributed by atoms with Crippen molar-refractivity contribution in [2.75, 3.05) is 0 Å². The number of rotatable bonds is 2. The van der Waals surface area contributed by atoms with E-state index < -0.39 is 13.3 Å². The molecule has 0 bridgehead atoms. The van der Waals surface area contributed by atoms with Crippen molar-refractivity contribution in [3.63, 3.8) is 0 Å². The zero-order valence-electron chi connectivity index (χ0n) is 15.6. The van der Waals surface area contributed by atoms with Gasteiger partial charge in [-0.15, -0.1) is 0 Å². The Balaban J connectivity index is 1.84.